The normalized spacial score (nSPS) is 17.7. The standard InChI is InChI=1S/C15H17F2N3OS/c16-11-1-2-13(17)12(9-11)14(21)10-19-4-6-20(7-5-19)15-18-3-8-22-15/h1-3,8-9,14,21H,4-7,10H2/t14-/m1/s1. The Morgan fingerprint density at radius 1 is 1.23 bits per heavy atom. The van der Waals surface area contributed by atoms with Crippen molar-refractivity contribution in [1.82, 2.24) is 9.88 Å². The van der Waals surface area contributed by atoms with Crippen LogP contribution >= 0.6 is 11.3 Å². The average Bonchev–Trinajstić information content (AvgIpc) is 3.05. The molecule has 1 N–H and O–H groups in total. The summed E-state index contributed by atoms with van der Waals surface area (Å²) in [5, 5.41) is 13.1. The molecular weight excluding hydrogens is 308 g/mol. The third-order valence-electron chi connectivity index (χ3n) is 3.81. The van der Waals surface area contributed by atoms with Gasteiger partial charge < -0.3 is 10.0 Å². The topological polar surface area (TPSA) is 39.6 Å². The highest BCUT2D eigenvalue weighted by atomic mass is 32.1. The Labute approximate surface area is 131 Å². The number of nitrogens with zero attached hydrogens (tertiary/aromatic N) is 3. The smallest absolute Gasteiger partial charge is 0.185 e. The Morgan fingerprint density at radius 2 is 2.00 bits per heavy atom. The van der Waals surface area contributed by atoms with Gasteiger partial charge in [-0.3, -0.25) is 4.90 Å². The molecule has 1 aromatic heterocycles. The molecule has 0 saturated carbocycles. The molecule has 1 saturated heterocycles. The molecule has 0 aliphatic carbocycles. The van der Waals surface area contributed by atoms with Gasteiger partial charge in [0.15, 0.2) is 5.13 Å². The fourth-order valence-corrected chi connectivity index (χ4v) is 3.30. The van der Waals surface area contributed by atoms with Gasteiger partial charge in [-0.05, 0) is 18.2 Å². The van der Waals surface area contributed by atoms with Crippen LogP contribution in [-0.4, -0.2) is 47.7 Å². The number of hydrogen-bond acceptors (Lipinski definition) is 5. The maximum Gasteiger partial charge on any atom is 0.185 e. The van der Waals surface area contributed by atoms with Crippen LogP contribution in [0.3, 0.4) is 0 Å². The van der Waals surface area contributed by atoms with Crippen molar-refractivity contribution < 1.29 is 13.9 Å². The Balaban J connectivity index is 1.57. The van der Waals surface area contributed by atoms with E-state index in [2.05, 4.69) is 14.8 Å². The highest BCUT2D eigenvalue weighted by Gasteiger charge is 2.22. The molecule has 0 amide bonds. The summed E-state index contributed by atoms with van der Waals surface area (Å²) in [5.74, 6) is -1.11. The van der Waals surface area contributed by atoms with E-state index in [0.717, 1.165) is 49.5 Å². The van der Waals surface area contributed by atoms with Gasteiger partial charge in [-0.2, -0.15) is 0 Å². The number of anilines is 1. The molecule has 3 rings (SSSR count). The Bertz CT molecular complexity index is 615. The maximum absolute atomic E-state index is 13.7. The molecule has 1 fully saturated rings. The first-order chi connectivity index (χ1) is 10.6. The first kappa shape index (κ1) is 15.3. The number of β-amino-alcohol motifs (C(OH)–C–C–N with tert-alkyl or cyclic N) is 1. The number of thiazole rings is 1. The van der Waals surface area contributed by atoms with Crippen LogP contribution in [0.2, 0.25) is 0 Å². The van der Waals surface area contributed by atoms with Crippen molar-refractivity contribution in [2.75, 3.05) is 37.6 Å². The summed E-state index contributed by atoms with van der Waals surface area (Å²) in [6.07, 6.45) is 0.755. The zero-order chi connectivity index (χ0) is 15.5. The van der Waals surface area contributed by atoms with Crippen molar-refractivity contribution in [2.24, 2.45) is 0 Å². The molecule has 1 aliphatic heterocycles. The Hall–Kier alpha value is -1.57. The summed E-state index contributed by atoms with van der Waals surface area (Å²) in [4.78, 5) is 8.53. The van der Waals surface area contributed by atoms with Gasteiger partial charge in [-0.1, -0.05) is 0 Å². The predicted octanol–water partition coefficient (Wildman–Crippen LogP) is 2.28. The molecule has 1 aliphatic rings. The quantitative estimate of drug-likeness (QED) is 0.936. The highest BCUT2D eigenvalue weighted by Crippen LogP contribution is 2.22. The van der Waals surface area contributed by atoms with Crippen LogP contribution in [0.5, 0.6) is 0 Å². The molecule has 4 nitrogen and oxygen atoms in total. The SMILES string of the molecule is O[C@H](CN1CCN(c2nccs2)CC1)c1cc(F)ccc1F. The second-order valence-electron chi connectivity index (χ2n) is 5.28. The minimum atomic E-state index is -1.03. The number of halogens is 2. The van der Waals surface area contributed by atoms with E-state index in [4.69, 9.17) is 0 Å². The fourth-order valence-electron chi connectivity index (χ4n) is 2.61. The van der Waals surface area contributed by atoms with Crippen LogP contribution in [0.1, 0.15) is 11.7 Å². The van der Waals surface area contributed by atoms with Gasteiger partial charge in [0.2, 0.25) is 0 Å². The molecule has 1 atom stereocenters. The summed E-state index contributed by atoms with van der Waals surface area (Å²) in [7, 11) is 0. The number of benzene rings is 1. The molecule has 7 heteroatoms. The van der Waals surface area contributed by atoms with Gasteiger partial charge in [0.1, 0.15) is 11.6 Å². The number of rotatable bonds is 4. The van der Waals surface area contributed by atoms with Crippen LogP contribution in [0.4, 0.5) is 13.9 Å². The molecule has 2 aromatic rings. The largest absolute Gasteiger partial charge is 0.387 e. The first-order valence-corrected chi connectivity index (χ1v) is 8.01. The Morgan fingerprint density at radius 3 is 2.68 bits per heavy atom. The van der Waals surface area contributed by atoms with E-state index in [9.17, 15) is 13.9 Å². The summed E-state index contributed by atoms with van der Waals surface area (Å²) in [6.45, 7) is 3.44. The van der Waals surface area contributed by atoms with Gasteiger partial charge in [-0.25, -0.2) is 13.8 Å². The van der Waals surface area contributed by atoms with Gasteiger partial charge >= 0.3 is 0 Å². The van der Waals surface area contributed by atoms with Crippen LogP contribution < -0.4 is 4.90 Å². The molecule has 0 bridgehead atoms. The van der Waals surface area contributed by atoms with E-state index in [1.165, 1.54) is 0 Å². The summed E-state index contributed by atoms with van der Waals surface area (Å²) in [6, 6.07) is 3.17. The number of aliphatic hydroxyl groups is 1. The zero-order valence-corrected chi connectivity index (χ0v) is 12.8. The van der Waals surface area contributed by atoms with Crippen LogP contribution in [0, 0.1) is 11.6 Å². The van der Waals surface area contributed by atoms with Gasteiger partial charge in [0, 0.05) is 49.9 Å². The molecule has 0 spiro atoms. The van der Waals surface area contributed by atoms with E-state index in [0.29, 0.717) is 6.54 Å². The first-order valence-electron chi connectivity index (χ1n) is 7.13. The number of aromatic nitrogens is 1. The van der Waals surface area contributed by atoms with Crippen molar-refractivity contribution in [3.05, 3.63) is 47.0 Å². The number of piperazine rings is 1. The predicted molar refractivity (Wildman–Crippen MR) is 82.1 cm³/mol. The molecular formula is C15H17F2N3OS. The van der Waals surface area contributed by atoms with Crippen molar-refractivity contribution in [3.8, 4) is 0 Å². The summed E-state index contributed by atoms with van der Waals surface area (Å²) in [5.41, 5.74) is 0.0161. The van der Waals surface area contributed by atoms with Crippen molar-refractivity contribution in [1.29, 1.82) is 0 Å². The average molecular weight is 325 g/mol. The minimum Gasteiger partial charge on any atom is -0.387 e. The van der Waals surface area contributed by atoms with E-state index in [1.807, 2.05) is 5.38 Å². The second kappa shape index (κ2) is 6.68. The minimum absolute atomic E-state index is 0.0161. The molecule has 22 heavy (non-hydrogen) atoms. The lowest BCUT2D eigenvalue weighted by Gasteiger charge is -2.35. The zero-order valence-electron chi connectivity index (χ0n) is 12.0. The van der Waals surface area contributed by atoms with E-state index < -0.39 is 17.7 Å². The lowest BCUT2D eigenvalue weighted by Crippen LogP contribution is -2.47. The molecule has 118 valence electrons. The molecule has 2 heterocycles. The lowest BCUT2D eigenvalue weighted by atomic mass is 10.1. The maximum atomic E-state index is 13.7. The van der Waals surface area contributed by atoms with Crippen LogP contribution in [0.25, 0.3) is 0 Å². The van der Waals surface area contributed by atoms with E-state index >= 15 is 0 Å². The fraction of sp³-hybridized carbons (Fsp3) is 0.400. The summed E-state index contributed by atoms with van der Waals surface area (Å²) < 4.78 is 26.9. The Kier molecular flexibility index (Phi) is 4.66. The molecule has 0 unspecified atom stereocenters. The van der Waals surface area contributed by atoms with E-state index in [-0.39, 0.29) is 5.56 Å². The number of hydrogen-bond donors (Lipinski definition) is 1. The summed E-state index contributed by atoms with van der Waals surface area (Å²) >= 11 is 1.60. The van der Waals surface area contributed by atoms with Crippen LogP contribution in [0.15, 0.2) is 29.8 Å². The van der Waals surface area contributed by atoms with Crippen molar-refractivity contribution in [3.63, 3.8) is 0 Å². The van der Waals surface area contributed by atoms with Gasteiger partial charge in [0.05, 0.1) is 6.10 Å². The molecule has 1 aromatic carbocycles. The van der Waals surface area contributed by atoms with Gasteiger partial charge in [0.25, 0.3) is 0 Å². The second-order valence-corrected chi connectivity index (χ2v) is 6.16. The van der Waals surface area contributed by atoms with Crippen molar-refractivity contribution >= 4 is 16.5 Å². The van der Waals surface area contributed by atoms with Crippen molar-refractivity contribution in [2.45, 2.75) is 6.10 Å². The third-order valence-corrected chi connectivity index (χ3v) is 4.64. The monoisotopic (exact) mass is 325 g/mol. The lowest BCUT2D eigenvalue weighted by molar-refractivity contribution is 0.106. The third kappa shape index (κ3) is 3.43. The highest BCUT2D eigenvalue weighted by molar-refractivity contribution is 7.13. The molecule has 0 radical (unpaired) electrons. The van der Waals surface area contributed by atoms with Crippen LogP contribution in [-0.2, 0) is 0 Å². The van der Waals surface area contributed by atoms with E-state index in [1.54, 1.807) is 17.5 Å². The number of aliphatic hydroxyl groups excluding tert-OH is 1. The van der Waals surface area contributed by atoms with Gasteiger partial charge in [-0.15, -0.1) is 11.3 Å².